The highest BCUT2D eigenvalue weighted by Gasteiger charge is 2.27. The van der Waals surface area contributed by atoms with Crippen LogP contribution in [0.1, 0.15) is 114 Å². The molecule has 17 nitrogen and oxygen atoms in total. The minimum absolute atomic E-state index is 0.0646. The number of ether oxygens (including phenoxy) is 4. The Hall–Kier alpha value is -6.52. The molecule has 2 aromatic carbocycles. The summed E-state index contributed by atoms with van der Waals surface area (Å²) >= 11 is 0. The molecule has 0 bridgehead atoms. The number of carbonyl (C=O) groups excluding carboxylic acids is 4. The molecule has 2 aliphatic heterocycles. The van der Waals surface area contributed by atoms with Gasteiger partial charge in [0.05, 0.1) is 0 Å². The van der Waals surface area contributed by atoms with Crippen molar-refractivity contribution in [3.63, 3.8) is 0 Å². The molecule has 350 valence electrons. The van der Waals surface area contributed by atoms with Crippen molar-refractivity contribution in [2.45, 2.75) is 132 Å². The van der Waals surface area contributed by atoms with E-state index in [-0.39, 0.29) is 11.9 Å². The van der Waals surface area contributed by atoms with Crippen molar-refractivity contribution < 1.29 is 38.1 Å². The molecule has 65 heavy (non-hydrogen) atoms. The molecule has 3 aromatic rings. The molecule has 5 rings (SSSR count). The molecule has 2 aliphatic rings. The van der Waals surface area contributed by atoms with E-state index >= 15 is 0 Å². The summed E-state index contributed by atoms with van der Waals surface area (Å²) in [5.74, 6) is 1.62. The standard InChI is InChI=1S/C48H65N9O8/c1-14-57-37(35-19-15-31(16-20-35)33-23-27-55(28-24-33)39(49-41(58)62-45(2,3)4)50-42(59)63-46(5,6)7)53-54-38(57)36-21-17-32(18-22-36)34-25-29-56(30-26-34)40(51-43(60)64-47(8,9)10)52-44(61)65-48(11,12)13/h15-23,25H,14,24,26-30H2,1-13H3,(H,49,50,58,59)(H,51,52,60,61). The summed E-state index contributed by atoms with van der Waals surface area (Å²) in [6.45, 7) is 25.6. The molecule has 0 saturated carbocycles. The van der Waals surface area contributed by atoms with Gasteiger partial charge in [-0.05, 0) is 125 Å². The van der Waals surface area contributed by atoms with Crippen molar-refractivity contribution in [2.75, 3.05) is 26.2 Å². The molecule has 4 amide bonds. The van der Waals surface area contributed by atoms with Gasteiger partial charge < -0.3 is 33.3 Å². The second-order valence-corrected chi connectivity index (χ2v) is 19.7. The van der Waals surface area contributed by atoms with E-state index in [2.05, 4.69) is 78.7 Å². The van der Waals surface area contributed by atoms with Gasteiger partial charge in [0, 0.05) is 43.9 Å². The number of carbonyl (C=O) groups is 4. The number of alkyl carbamates (subject to hydrolysis) is 2. The lowest BCUT2D eigenvalue weighted by Gasteiger charge is -2.30. The molecular weight excluding hydrogens is 831 g/mol. The molecule has 3 heterocycles. The van der Waals surface area contributed by atoms with E-state index in [0.29, 0.717) is 45.6 Å². The first-order valence-electron chi connectivity index (χ1n) is 21.9. The lowest BCUT2D eigenvalue weighted by atomic mass is 9.98. The van der Waals surface area contributed by atoms with Gasteiger partial charge in [-0.2, -0.15) is 0 Å². The monoisotopic (exact) mass is 895 g/mol. The Balaban J connectivity index is 1.27. The summed E-state index contributed by atoms with van der Waals surface area (Å²) in [7, 11) is 0. The van der Waals surface area contributed by atoms with E-state index in [1.54, 1.807) is 92.9 Å². The first kappa shape index (κ1) is 49.5. The molecule has 0 saturated heterocycles. The van der Waals surface area contributed by atoms with Crippen molar-refractivity contribution in [1.29, 1.82) is 0 Å². The maximum absolute atomic E-state index is 12.7. The smallest absolute Gasteiger partial charge is 0.437 e. The Morgan fingerprint density at radius 3 is 1.14 bits per heavy atom. The second-order valence-electron chi connectivity index (χ2n) is 19.7. The zero-order valence-corrected chi connectivity index (χ0v) is 40.1. The molecule has 0 spiro atoms. The van der Waals surface area contributed by atoms with Crippen LogP contribution in [0.25, 0.3) is 33.9 Å². The van der Waals surface area contributed by atoms with Gasteiger partial charge in [-0.15, -0.1) is 20.2 Å². The van der Waals surface area contributed by atoms with Crippen LogP contribution in [-0.4, -0.2) is 109 Å². The third kappa shape index (κ3) is 15.0. The minimum Gasteiger partial charge on any atom is -0.444 e. The van der Waals surface area contributed by atoms with Crippen molar-refractivity contribution >= 4 is 47.4 Å². The zero-order chi connectivity index (χ0) is 47.9. The molecule has 1 aromatic heterocycles. The van der Waals surface area contributed by atoms with Crippen molar-refractivity contribution in [2.24, 2.45) is 9.98 Å². The average Bonchev–Trinajstić information content (AvgIpc) is 3.62. The van der Waals surface area contributed by atoms with Crippen molar-refractivity contribution in [1.82, 2.24) is 35.2 Å². The fraction of sp³-hybridized carbons (Fsp3) is 0.500. The first-order chi connectivity index (χ1) is 30.3. The van der Waals surface area contributed by atoms with Crippen LogP contribution in [0.3, 0.4) is 0 Å². The van der Waals surface area contributed by atoms with Gasteiger partial charge in [0.25, 0.3) is 0 Å². The van der Waals surface area contributed by atoms with Gasteiger partial charge >= 0.3 is 24.4 Å². The maximum Gasteiger partial charge on any atom is 0.437 e. The minimum atomic E-state index is -0.809. The van der Waals surface area contributed by atoms with Crippen LogP contribution >= 0.6 is 0 Å². The van der Waals surface area contributed by atoms with E-state index in [9.17, 15) is 19.2 Å². The molecule has 0 aliphatic carbocycles. The Morgan fingerprint density at radius 1 is 0.538 bits per heavy atom. The predicted octanol–water partition coefficient (Wildman–Crippen LogP) is 9.44. The molecule has 0 atom stereocenters. The highest BCUT2D eigenvalue weighted by Crippen LogP contribution is 2.30. The number of hydrogen-bond acceptors (Lipinski definition) is 10. The van der Waals surface area contributed by atoms with Gasteiger partial charge in [-0.25, -0.2) is 19.2 Å². The van der Waals surface area contributed by atoms with Crippen molar-refractivity contribution in [3.8, 4) is 22.8 Å². The van der Waals surface area contributed by atoms with Crippen LogP contribution in [0.2, 0.25) is 0 Å². The number of nitrogens with zero attached hydrogens (tertiary/aromatic N) is 7. The average molecular weight is 896 g/mol. The lowest BCUT2D eigenvalue weighted by Crippen LogP contribution is -2.48. The van der Waals surface area contributed by atoms with Crippen LogP contribution in [0.15, 0.2) is 70.7 Å². The highest BCUT2D eigenvalue weighted by molar-refractivity contribution is 6.00. The van der Waals surface area contributed by atoms with E-state index < -0.39 is 46.8 Å². The molecule has 0 fully saturated rings. The van der Waals surface area contributed by atoms with E-state index in [1.165, 1.54) is 0 Å². The van der Waals surface area contributed by atoms with Crippen LogP contribution in [0.4, 0.5) is 19.2 Å². The largest absolute Gasteiger partial charge is 0.444 e. The van der Waals surface area contributed by atoms with Crippen LogP contribution < -0.4 is 10.6 Å². The first-order valence-corrected chi connectivity index (χ1v) is 21.9. The Morgan fingerprint density at radius 2 is 0.862 bits per heavy atom. The fourth-order valence-electron chi connectivity index (χ4n) is 6.83. The number of nitrogens with one attached hydrogen (secondary N) is 2. The zero-order valence-electron chi connectivity index (χ0n) is 40.1. The number of hydrogen-bond donors (Lipinski definition) is 2. The number of aliphatic imine (C=N–C) groups is 2. The SMILES string of the molecule is CCn1c(-c2ccc(C3=CCN(C(=NC(=O)OC(C)(C)C)NC(=O)OC(C)(C)C)CC3)cc2)nnc1-c1ccc(C2=CCN(C(=NC(=O)OC(C)(C)C)NC(=O)OC(C)(C)C)CC2)cc1. The number of amides is 4. The summed E-state index contributed by atoms with van der Waals surface area (Å²) in [4.78, 5) is 62.5. The lowest BCUT2D eigenvalue weighted by molar-refractivity contribution is 0.0536. The molecule has 0 unspecified atom stereocenters. The summed E-state index contributed by atoms with van der Waals surface area (Å²) in [6, 6.07) is 16.4. The Labute approximate surface area is 382 Å². The van der Waals surface area contributed by atoms with Gasteiger partial charge in [-0.1, -0.05) is 60.7 Å². The van der Waals surface area contributed by atoms with Crippen LogP contribution in [-0.2, 0) is 25.5 Å². The van der Waals surface area contributed by atoms with E-state index in [4.69, 9.17) is 18.9 Å². The normalized spacial score (nSPS) is 15.4. The van der Waals surface area contributed by atoms with Gasteiger partial charge in [-0.3, -0.25) is 10.6 Å². The highest BCUT2D eigenvalue weighted by atomic mass is 16.6. The summed E-state index contributed by atoms with van der Waals surface area (Å²) in [5, 5.41) is 14.5. The number of rotatable bonds is 5. The Kier molecular flexibility index (Phi) is 15.3. The summed E-state index contributed by atoms with van der Waals surface area (Å²) in [5.41, 5.74) is 3.19. The van der Waals surface area contributed by atoms with E-state index in [0.717, 1.165) is 45.0 Å². The number of guanidine groups is 2. The quantitative estimate of drug-likeness (QED) is 0.140. The second kappa shape index (κ2) is 20.1. The van der Waals surface area contributed by atoms with Gasteiger partial charge in [0.15, 0.2) is 11.6 Å². The maximum atomic E-state index is 12.7. The molecule has 17 heteroatoms. The van der Waals surface area contributed by atoms with Gasteiger partial charge in [0.1, 0.15) is 22.4 Å². The Bertz CT molecular complexity index is 2170. The molecule has 0 radical (unpaired) electrons. The topological polar surface area (TPSA) is 191 Å². The van der Waals surface area contributed by atoms with Crippen LogP contribution in [0, 0.1) is 0 Å². The fourth-order valence-corrected chi connectivity index (χ4v) is 6.83. The van der Waals surface area contributed by atoms with E-state index in [1.807, 2.05) is 24.3 Å². The van der Waals surface area contributed by atoms with Crippen molar-refractivity contribution in [3.05, 3.63) is 71.8 Å². The third-order valence-electron chi connectivity index (χ3n) is 9.52. The van der Waals surface area contributed by atoms with Crippen LogP contribution in [0.5, 0.6) is 0 Å². The summed E-state index contributed by atoms with van der Waals surface area (Å²) in [6.07, 6.45) is 2.33. The van der Waals surface area contributed by atoms with Gasteiger partial charge in [0.2, 0.25) is 11.9 Å². The summed E-state index contributed by atoms with van der Waals surface area (Å²) < 4.78 is 23.7. The molecular formula is C48H65N9O8. The predicted molar refractivity (Wildman–Crippen MR) is 251 cm³/mol. The third-order valence-corrected chi connectivity index (χ3v) is 9.52. The number of aromatic nitrogens is 3. The number of benzene rings is 2. The molecule has 2 N–H and O–H groups in total.